The Morgan fingerprint density at radius 2 is 1.84 bits per heavy atom. The van der Waals surface area contributed by atoms with Crippen molar-refractivity contribution in [2.24, 2.45) is 0 Å². The van der Waals surface area contributed by atoms with Crippen molar-refractivity contribution in [2.75, 3.05) is 19.6 Å². The van der Waals surface area contributed by atoms with Crippen LogP contribution >= 0.6 is 11.3 Å². The summed E-state index contributed by atoms with van der Waals surface area (Å²) in [6, 6.07) is 18.6. The van der Waals surface area contributed by atoms with E-state index in [-0.39, 0.29) is 11.9 Å². The number of likely N-dealkylation sites (tertiary alicyclic amines) is 1. The minimum absolute atomic E-state index is 0.00602. The third-order valence-corrected chi connectivity index (χ3v) is 5.89. The first kappa shape index (κ1) is 16.3. The number of carbonyl (C=O) groups is 1. The highest BCUT2D eigenvalue weighted by molar-refractivity contribution is 7.10. The van der Waals surface area contributed by atoms with E-state index in [2.05, 4.69) is 33.8 Å². The maximum Gasteiger partial charge on any atom is 0.251 e. The Hall–Kier alpha value is -2.17. The Bertz CT molecular complexity index is 853. The summed E-state index contributed by atoms with van der Waals surface area (Å²) in [6.07, 6.45) is 2.50. The zero-order valence-corrected chi connectivity index (χ0v) is 15.0. The summed E-state index contributed by atoms with van der Waals surface area (Å²) < 4.78 is 0. The van der Waals surface area contributed by atoms with Gasteiger partial charge in [-0.15, -0.1) is 11.3 Å². The van der Waals surface area contributed by atoms with E-state index in [1.807, 2.05) is 36.4 Å². The van der Waals surface area contributed by atoms with Gasteiger partial charge in [0.25, 0.3) is 5.91 Å². The zero-order valence-electron chi connectivity index (χ0n) is 14.2. The van der Waals surface area contributed by atoms with Crippen LogP contribution in [0.15, 0.2) is 60.0 Å². The van der Waals surface area contributed by atoms with Gasteiger partial charge in [-0.1, -0.05) is 36.4 Å². The highest BCUT2D eigenvalue weighted by Gasteiger charge is 2.24. The summed E-state index contributed by atoms with van der Waals surface area (Å²) in [7, 11) is 0. The number of thiophene rings is 1. The minimum atomic E-state index is 0.00602. The van der Waals surface area contributed by atoms with Crippen LogP contribution in [-0.4, -0.2) is 30.4 Å². The second-order valence-electron chi connectivity index (χ2n) is 6.55. The van der Waals surface area contributed by atoms with Crippen molar-refractivity contribution in [3.63, 3.8) is 0 Å². The van der Waals surface area contributed by atoms with Gasteiger partial charge in [0.15, 0.2) is 0 Å². The van der Waals surface area contributed by atoms with Crippen LogP contribution in [0.4, 0.5) is 0 Å². The molecule has 1 amide bonds. The highest BCUT2D eigenvalue weighted by atomic mass is 32.1. The predicted octanol–water partition coefficient (Wildman–Crippen LogP) is 4.47. The lowest BCUT2D eigenvalue weighted by atomic mass is 10.1. The third kappa shape index (κ3) is 3.60. The first-order chi connectivity index (χ1) is 12.3. The average molecular weight is 350 g/mol. The van der Waals surface area contributed by atoms with E-state index in [4.69, 9.17) is 0 Å². The van der Waals surface area contributed by atoms with Crippen molar-refractivity contribution in [3.05, 3.63) is 70.4 Å². The molecule has 3 aromatic rings. The Kier molecular flexibility index (Phi) is 4.81. The Balaban J connectivity index is 1.48. The standard InChI is InChI=1S/C21H22N2OS/c24-21(18-10-9-16-6-1-2-7-17(16)14-18)22-15-19(20-8-5-13-25-20)23-11-3-4-12-23/h1-2,5-10,13-14,19H,3-4,11-12,15H2,(H,22,24)/t19-/m1/s1. The second kappa shape index (κ2) is 7.38. The average Bonchev–Trinajstić information content (AvgIpc) is 3.36. The number of carbonyl (C=O) groups excluding carboxylic acids is 1. The monoisotopic (exact) mass is 350 g/mol. The number of hydrogen-bond acceptors (Lipinski definition) is 3. The largest absolute Gasteiger partial charge is 0.350 e. The van der Waals surface area contributed by atoms with E-state index in [0.29, 0.717) is 6.54 Å². The molecule has 1 aliphatic rings. The molecule has 1 atom stereocenters. The lowest BCUT2D eigenvalue weighted by molar-refractivity contribution is 0.0938. The van der Waals surface area contributed by atoms with Crippen LogP contribution in [0.1, 0.15) is 34.1 Å². The Labute approximate surface area is 152 Å². The van der Waals surface area contributed by atoms with E-state index in [9.17, 15) is 4.79 Å². The molecule has 2 aromatic carbocycles. The number of nitrogens with one attached hydrogen (secondary N) is 1. The highest BCUT2D eigenvalue weighted by Crippen LogP contribution is 2.28. The minimum Gasteiger partial charge on any atom is -0.350 e. The molecule has 0 radical (unpaired) electrons. The van der Waals surface area contributed by atoms with Crippen LogP contribution < -0.4 is 5.32 Å². The molecule has 25 heavy (non-hydrogen) atoms. The van der Waals surface area contributed by atoms with Crippen LogP contribution in [0.25, 0.3) is 10.8 Å². The van der Waals surface area contributed by atoms with Gasteiger partial charge in [-0.2, -0.15) is 0 Å². The number of amides is 1. The van der Waals surface area contributed by atoms with Crippen LogP contribution in [0, 0.1) is 0 Å². The van der Waals surface area contributed by atoms with Crippen molar-refractivity contribution in [2.45, 2.75) is 18.9 Å². The van der Waals surface area contributed by atoms with E-state index in [1.54, 1.807) is 11.3 Å². The summed E-state index contributed by atoms with van der Waals surface area (Å²) in [5.41, 5.74) is 0.727. The predicted molar refractivity (Wildman–Crippen MR) is 104 cm³/mol. The van der Waals surface area contributed by atoms with Gasteiger partial charge in [-0.05, 0) is 60.3 Å². The number of fused-ring (bicyclic) bond motifs is 1. The molecule has 4 rings (SSSR count). The van der Waals surface area contributed by atoms with E-state index < -0.39 is 0 Å². The molecule has 1 saturated heterocycles. The molecule has 1 aliphatic heterocycles. The van der Waals surface area contributed by atoms with Gasteiger partial charge in [0.2, 0.25) is 0 Å². The van der Waals surface area contributed by atoms with Gasteiger partial charge < -0.3 is 5.32 Å². The normalized spacial score (nSPS) is 16.2. The molecule has 128 valence electrons. The van der Waals surface area contributed by atoms with Crippen LogP contribution in [-0.2, 0) is 0 Å². The summed E-state index contributed by atoms with van der Waals surface area (Å²) >= 11 is 1.77. The van der Waals surface area contributed by atoms with Gasteiger partial charge in [-0.25, -0.2) is 0 Å². The lowest BCUT2D eigenvalue weighted by Crippen LogP contribution is -2.36. The third-order valence-electron chi connectivity index (χ3n) is 4.92. The molecule has 0 aliphatic carbocycles. The van der Waals surface area contributed by atoms with Gasteiger partial charge in [-0.3, -0.25) is 9.69 Å². The fourth-order valence-corrected chi connectivity index (χ4v) is 4.43. The topological polar surface area (TPSA) is 32.3 Å². The molecule has 2 heterocycles. The van der Waals surface area contributed by atoms with Crippen LogP contribution in [0.3, 0.4) is 0 Å². The molecule has 3 nitrogen and oxygen atoms in total. The molecule has 0 spiro atoms. The Morgan fingerprint density at radius 3 is 2.60 bits per heavy atom. The van der Waals surface area contributed by atoms with Crippen molar-refractivity contribution in [3.8, 4) is 0 Å². The quantitative estimate of drug-likeness (QED) is 0.736. The molecule has 0 saturated carbocycles. The van der Waals surface area contributed by atoms with Crippen LogP contribution in [0.2, 0.25) is 0 Å². The van der Waals surface area contributed by atoms with E-state index in [1.165, 1.54) is 17.7 Å². The van der Waals surface area contributed by atoms with E-state index in [0.717, 1.165) is 29.4 Å². The summed E-state index contributed by atoms with van der Waals surface area (Å²) in [4.78, 5) is 16.5. The van der Waals surface area contributed by atoms with Gasteiger partial charge >= 0.3 is 0 Å². The molecule has 4 heteroatoms. The number of rotatable bonds is 5. The summed E-state index contributed by atoms with van der Waals surface area (Å²) in [5.74, 6) is 0.00602. The number of benzene rings is 2. The SMILES string of the molecule is O=C(NC[C@H](c1cccs1)N1CCCC1)c1ccc2ccccc2c1. The van der Waals surface area contributed by atoms with Crippen molar-refractivity contribution >= 4 is 28.0 Å². The smallest absolute Gasteiger partial charge is 0.251 e. The first-order valence-corrected chi connectivity index (χ1v) is 9.74. The van der Waals surface area contributed by atoms with Crippen LogP contribution in [0.5, 0.6) is 0 Å². The summed E-state index contributed by atoms with van der Waals surface area (Å²) in [5, 5.41) is 7.53. The fraction of sp³-hybridized carbons (Fsp3) is 0.286. The first-order valence-electron chi connectivity index (χ1n) is 8.86. The maximum atomic E-state index is 12.7. The molecule has 0 bridgehead atoms. The summed E-state index contributed by atoms with van der Waals surface area (Å²) in [6.45, 7) is 2.90. The van der Waals surface area contributed by atoms with Crippen molar-refractivity contribution in [1.29, 1.82) is 0 Å². The Morgan fingerprint density at radius 1 is 1.04 bits per heavy atom. The molecule has 1 aromatic heterocycles. The molecule has 0 unspecified atom stereocenters. The zero-order chi connectivity index (χ0) is 17.1. The fourth-order valence-electron chi connectivity index (χ4n) is 3.57. The van der Waals surface area contributed by atoms with Crippen molar-refractivity contribution < 1.29 is 4.79 Å². The van der Waals surface area contributed by atoms with Crippen molar-refractivity contribution in [1.82, 2.24) is 10.2 Å². The molecule has 1 fully saturated rings. The molecular formula is C21H22N2OS. The second-order valence-corrected chi connectivity index (χ2v) is 7.53. The number of hydrogen-bond donors (Lipinski definition) is 1. The lowest BCUT2D eigenvalue weighted by Gasteiger charge is -2.27. The number of nitrogens with zero attached hydrogens (tertiary/aromatic N) is 1. The van der Waals surface area contributed by atoms with Gasteiger partial charge in [0.1, 0.15) is 0 Å². The molecule has 1 N–H and O–H groups in total. The molecular weight excluding hydrogens is 328 g/mol. The van der Waals surface area contributed by atoms with Gasteiger partial charge in [0, 0.05) is 17.0 Å². The van der Waals surface area contributed by atoms with E-state index >= 15 is 0 Å². The maximum absolute atomic E-state index is 12.7. The van der Waals surface area contributed by atoms with Gasteiger partial charge in [0.05, 0.1) is 6.04 Å².